The van der Waals surface area contributed by atoms with Crippen molar-refractivity contribution in [1.29, 1.82) is 0 Å². The van der Waals surface area contributed by atoms with Crippen LogP contribution in [0.15, 0.2) is 30.3 Å². The first-order chi connectivity index (χ1) is 8.74. The number of halogens is 1. The Morgan fingerprint density at radius 2 is 1.89 bits per heavy atom. The first-order valence-corrected chi connectivity index (χ1v) is 7.19. The number of aromatic nitrogens is 2. The first-order valence-electron chi connectivity index (χ1n) is 6.11. The third-order valence-corrected chi connectivity index (χ3v) is 4.20. The van der Waals surface area contributed by atoms with E-state index in [4.69, 9.17) is 5.73 Å². The molecule has 3 nitrogen and oxygen atoms in total. The van der Waals surface area contributed by atoms with Crippen LogP contribution in [0.1, 0.15) is 18.7 Å². The molecule has 0 amide bonds. The van der Waals surface area contributed by atoms with Crippen LogP contribution in [0.3, 0.4) is 0 Å². The lowest BCUT2D eigenvalue weighted by molar-refractivity contribution is 0.772. The van der Waals surface area contributed by atoms with Crippen LogP contribution in [0, 0.1) is 9.49 Å². The number of nitrogens with two attached hydrogens (primary N) is 1. The van der Waals surface area contributed by atoms with Crippen molar-refractivity contribution in [1.82, 2.24) is 9.97 Å². The molecule has 18 heavy (non-hydrogen) atoms. The standard InChI is InChI=1S/C14H14IN3/c15-12-13(10-4-2-1-3-5-10)17-11(18-14(12)16)8-9-6-7-9/h1-5,9H,6-8H2,(H2,16,17,18). The minimum atomic E-state index is 0.597. The summed E-state index contributed by atoms with van der Waals surface area (Å²) >= 11 is 2.22. The van der Waals surface area contributed by atoms with Gasteiger partial charge in [-0.2, -0.15) is 0 Å². The molecule has 1 fully saturated rings. The van der Waals surface area contributed by atoms with Crippen molar-refractivity contribution in [2.45, 2.75) is 19.3 Å². The van der Waals surface area contributed by atoms with Crippen LogP contribution >= 0.6 is 22.6 Å². The largest absolute Gasteiger partial charge is 0.383 e. The molecule has 4 heteroatoms. The van der Waals surface area contributed by atoms with Crippen LogP contribution in [-0.4, -0.2) is 9.97 Å². The molecule has 3 rings (SSSR count). The van der Waals surface area contributed by atoms with Gasteiger partial charge in [-0.25, -0.2) is 9.97 Å². The molecule has 1 saturated carbocycles. The van der Waals surface area contributed by atoms with Gasteiger partial charge in [0.05, 0.1) is 9.26 Å². The molecule has 1 aromatic carbocycles. The van der Waals surface area contributed by atoms with Gasteiger partial charge in [0.2, 0.25) is 0 Å². The van der Waals surface area contributed by atoms with Crippen molar-refractivity contribution in [3.63, 3.8) is 0 Å². The minimum Gasteiger partial charge on any atom is -0.383 e. The van der Waals surface area contributed by atoms with E-state index in [1.54, 1.807) is 0 Å². The fourth-order valence-corrected chi connectivity index (χ4v) is 2.52. The number of nitrogens with zero attached hydrogens (tertiary/aromatic N) is 2. The van der Waals surface area contributed by atoms with Crippen molar-refractivity contribution >= 4 is 28.4 Å². The number of hydrogen-bond donors (Lipinski definition) is 1. The maximum atomic E-state index is 6.00. The zero-order chi connectivity index (χ0) is 12.5. The average molecular weight is 351 g/mol. The molecular formula is C14H14IN3. The quantitative estimate of drug-likeness (QED) is 0.864. The second-order valence-electron chi connectivity index (χ2n) is 4.70. The smallest absolute Gasteiger partial charge is 0.141 e. The van der Waals surface area contributed by atoms with E-state index in [1.165, 1.54) is 12.8 Å². The van der Waals surface area contributed by atoms with E-state index in [0.29, 0.717) is 5.82 Å². The molecule has 0 radical (unpaired) electrons. The van der Waals surface area contributed by atoms with E-state index in [2.05, 4.69) is 44.7 Å². The van der Waals surface area contributed by atoms with E-state index >= 15 is 0 Å². The fraction of sp³-hybridized carbons (Fsp3) is 0.286. The number of anilines is 1. The number of rotatable bonds is 3. The summed E-state index contributed by atoms with van der Waals surface area (Å²) in [4.78, 5) is 9.08. The maximum Gasteiger partial charge on any atom is 0.141 e. The Balaban J connectivity index is 2.03. The summed E-state index contributed by atoms with van der Waals surface area (Å²) in [6, 6.07) is 10.2. The highest BCUT2D eigenvalue weighted by Gasteiger charge is 2.24. The molecule has 1 aliphatic rings. The van der Waals surface area contributed by atoms with Crippen LogP contribution in [0.2, 0.25) is 0 Å². The van der Waals surface area contributed by atoms with Crippen LogP contribution in [0.5, 0.6) is 0 Å². The molecule has 1 heterocycles. The van der Waals surface area contributed by atoms with Crippen molar-refractivity contribution in [3.05, 3.63) is 39.7 Å². The van der Waals surface area contributed by atoms with Crippen LogP contribution in [0.4, 0.5) is 5.82 Å². The van der Waals surface area contributed by atoms with E-state index in [9.17, 15) is 0 Å². The van der Waals surface area contributed by atoms with Gasteiger partial charge in [-0.3, -0.25) is 0 Å². The zero-order valence-electron chi connectivity index (χ0n) is 9.94. The summed E-state index contributed by atoms with van der Waals surface area (Å²) < 4.78 is 0.943. The van der Waals surface area contributed by atoms with Gasteiger partial charge in [-0.05, 0) is 41.4 Å². The molecule has 0 saturated heterocycles. The average Bonchev–Trinajstić information content (AvgIpc) is 3.18. The van der Waals surface area contributed by atoms with Gasteiger partial charge in [0.15, 0.2) is 0 Å². The van der Waals surface area contributed by atoms with Gasteiger partial charge in [0.25, 0.3) is 0 Å². The highest BCUT2D eigenvalue weighted by molar-refractivity contribution is 14.1. The molecule has 0 atom stereocenters. The van der Waals surface area contributed by atoms with Crippen molar-refractivity contribution < 1.29 is 0 Å². The van der Waals surface area contributed by atoms with Crippen LogP contribution in [0.25, 0.3) is 11.3 Å². The lowest BCUT2D eigenvalue weighted by Crippen LogP contribution is -2.05. The molecule has 92 valence electrons. The molecule has 0 unspecified atom stereocenters. The van der Waals surface area contributed by atoms with Gasteiger partial charge in [0.1, 0.15) is 11.6 Å². The predicted octanol–water partition coefficient (Wildman–Crippen LogP) is 3.28. The van der Waals surface area contributed by atoms with Crippen molar-refractivity contribution in [2.24, 2.45) is 5.92 Å². The van der Waals surface area contributed by atoms with Gasteiger partial charge in [-0.1, -0.05) is 30.3 Å². The summed E-state index contributed by atoms with van der Waals surface area (Å²) in [5.74, 6) is 2.25. The molecular weight excluding hydrogens is 337 g/mol. The lowest BCUT2D eigenvalue weighted by atomic mass is 10.1. The van der Waals surface area contributed by atoms with Crippen LogP contribution in [-0.2, 0) is 6.42 Å². The van der Waals surface area contributed by atoms with Crippen LogP contribution < -0.4 is 5.73 Å². The monoisotopic (exact) mass is 351 g/mol. The van der Waals surface area contributed by atoms with Gasteiger partial charge >= 0.3 is 0 Å². The normalized spacial score (nSPS) is 14.7. The topological polar surface area (TPSA) is 51.8 Å². The first kappa shape index (κ1) is 11.9. The number of hydrogen-bond acceptors (Lipinski definition) is 3. The van der Waals surface area contributed by atoms with Crippen molar-refractivity contribution in [3.8, 4) is 11.3 Å². The van der Waals surface area contributed by atoms with Crippen molar-refractivity contribution in [2.75, 3.05) is 5.73 Å². The Hall–Kier alpha value is -1.17. The molecule has 2 N–H and O–H groups in total. The summed E-state index contributed by atoms with van der Waals surface area (Å²) in [6.45, 7) is 0. The summed E-state index contributed by atoms with van der Waals surface area (Å²) in [5, 5.41) is 0. The Bertz CT molecular complexity index is 565. The highest BCUT2D eigenvalue weighted by atomic mass is 127. The maximum absolute atomic E-state index is 6.00. The second-order valence-corrected chi connectivity index (χ2v) is 5.78. The minimum absolute atomic E-state index is 0.597. The van der Waals surface area contributed by atoms with Gasteiger partial charge in [-0.15, -0.1) is 0 Å². The molecule has 0 bridgehead atoms. The van der Waals surface area contributed by atoms with E-state index in [1.807, 2.05) is 18.2 Å². The Morgan fingerprint density at radius 1 is 1.17 bits per heavy atom. The second kappa shape index (κ2) is 4.84. The Labute approximate surface area is 120 Å². The fourth-order valence-electron chi connectivity index (χ4n) is 1.97. The number of benzene rings is 1. The summed E-state index contributed by atoms with van der Waals surface area (Å²) in [7, 11) is 0. The predicted molar refractivity (Wildman–Crippen MR) is 81.0 cm³/mol. The Morgan fingerprint density at radius 3 is 2.56 bits per heavy atom. The summed E-state index contributed by atoms with van der Waals surface area (Å²) in [5.41, 5.74) is 8.06. The van der Waals surface area contributed by atoms with Gasteiger partial charge < -0.3 is 5.73 Å². The third kappa shape index (κ3) is 2.48. The van der Waals surface area contributed by atoms with E-state index in [-0.39, 0.29) is 0 Å². The summed E-state index contributed by atoms with van der Waals surface area (Å²) in [6.07, 6.45) is 3.56. The SMILES string of the molecule is Nc1nc(CC2CC2)nc(-c2ccccc2)c1I. The highest BCUT2D eigenvalue weighted by Crippen LogP contribution is 2.33. The van der Waals surface area contributed by atoms with E-state index < -0.39 is 0 Å². The van der Waals surface area contributed by atoms with Gasteiger partial charge in [0, 0.05) is 12.0 Å². The third-order valence-electron chi connectivity index (χ3n) is 3.14. The number of nitrogen functional groups attached to an aromatic ring is 1. The van der Waals surface area contributed by atoms with E-state index in [0.717, 1.165) is 33.0 Å². The molecule has 2 aromatic rings. The molecule has 0 aliphatic heterocycles. The Kier molecular flexibility index (Phi) is 3.20. The molecule has 0 spiro atoms. The zero-order valence-corrected chi connectivity index (χ0v) is 12.1. The molecule has 1 aromatic heterocycles. The lowest BCUT2D eigenvalue weighted by Gasteiger charge is -2.08. The molecule has 1 aliphatic carbocycles.